The zero-order valence-electron chi connectivity index (χ0n) is 16.0. The van der Waals surface area contributed by atoms with E-state index in [2.05, 4.69) is 10.4 Å². The van der Waals surface area contributed by atoms with Gasteiger partial charge in [0.1, 0.15) is 0 Å². The molecule has 0 saturated carbocycles. The first kappa shape index (κ1) is 20.1. The van der Waals surface area contributed by atoms with Crippen LogP contribution >= 0.6 is 11.6 Å². The van der Waals surface area contributed by atoms with E-state index in [9.17, 15) is 4.79 Å². The van der Waals surface area contributed by atoms with E-state index in [1.165, 1.54) is 0 Å². The van der Waals surface area contributed by atoms with Crippen molar-refractivity contribution < 1.29 is 9.90 Å². The van der Waals surface area contributed by atoms with Crippen molar-refractivity contribution in [3.05, 3.63) is 71.0 Å². The van der Waals surface area contributed by atoms with Gasteiger partial charge in [-0.15, -0.1) is 0 Å². The summed E-state index contributed by atoms with van der Waals surface area (Å²) in [7, 11) is 0. The Kier molecular flexibility index (Phi) is 6.49. The Morgan fingerprint density at radius 2 is 1.96 bits per heavy atom. The summed E-state index contributed by atoms with van der Waals surface area (Å²) in [5.74, 6) is -0.0678. The highest BCUT2D eigenvalue weighted by Gasteiger charge is 2.16. The Morgan fingerprint density at radius 1 is 1.21 bits per heavy atom. The fourth-order valence-corrected chi connectivity index (χ4v) is 3.23. The van der Waals surface area contributed by atoms with Crippen molar-refractivity contribution >= 4 is 17.5 Å². The molecule has 0 aliphatic heterocycles. The van der Waals surface area contributed by atoms with Gasteiger partial charge in [-0.2, -0.15) is 5.10 Å². The third-order valence-corrected chi connectivity index (χ3v) is 4.54. The maximum Gasteiger partial charge on any atom is 0.226 e. The van der Waals surface area contributed by atoms with Crippen LogP contribution in [-0.4, -0.2) is 33.4 Å². The molecule has 6 heteroatoms. The first-order chi connectivity index (χ1) is 13.5. The molecule has 146 valence electrons. The lowest BCUT2D eigenvalue weighted by atomic mass is 10.0. The van der Waals surface area contributed by atoms with E-state index in [0.717, 1.165) is 22.4 Å². The highest BCUT2D eigenvalue weighted by molar-refractivity contribution is 6.30. The first-order valence-electron chi connectivity index (χ1n) is 9.30. The van der Waals surface area contributed by atoms with Gasteiger partial charge in [0.15, 0.2) is 0 Å². The number of aliphatic hydroxyl groups excluding tert-OH is 1. The molecule has 5 nitrogen and oxygen atoms in total. The van der Waals surface area contributed by atoms with Gasteiger partial charge < -0.3 is 10.4 Å². The van der Waals surface area contributed by atoms with Crippen LogP contribution in [0, 0.1) is 0 Å². The molecule has 0 aliphatic carbocycles. The fourth-order valence-electron chi connectivity index (χ4n) is 3.04. The molecule has 1 amide bonds. The average Bonchev–Trinajstić information content (AvgIpc) is 3.05. The lowest BCUT2D eigenvalue weighted by Crippen LogP contribution is -2.31. The lowest BCUT2D eigenvalue weighted by molar-refractivity contribution is -0.120. The van der Waals surface area contributed by atoms with Gasteiger partial charge in [-0.05, 0) is 55.7 Å². The Labute approximate surface area is 170 Å². The van der Waals surface area contributed by atoms with Crippen molar-refractivity contribution in [1.82, 2.24) is 15.1 Å². The number of hydrogen-bond donors (Lipinski definition) is 2. The van der Waals surface area contributed by atoms with Crippen LogP contribution in [0.3, 0.4) is 0 Å². The van der Waals surface area contributed by atoms with E-state index in [4.69, 9.17) is 16.7 Å². The number of aromatic nitrogens is 2. The largest absolute Gasteiger partial charge is 0.396 e. The number of amides is 1. The molecule has 0 unspecified atom stereocenters. The highest BCUT2D eigenvalue weighted by atomic mass is 35.5. The second-order valence-corrected chi connectivity index (χ2v) is 7.42. The number of nitrogens with zero attached hydrogens (tertiary/aromatic N) is 2. The van der Waals surface area contributed by atoms with E-state index in [-0.39, 0.29) is 25.0 Å². The molecule has 0 spiro atoms. The zero-order valence-corrected chi connectivity index (χ0v) is 16.8. The number of benzene rings is 2. The quantitative estimate of drug-likeness (QED) is 0.637. The van der Waals surface area contributed by atoms with Gasteiger partial charge >= 0.3 is 0 Å². The normalized spacial score (nSPS) is 11.0. The van der Waals surface area contributed by atoms with Crippen LogP contribution in [0.25, 0.3) is 16.8 Å². The summed E-state index contributed by atoms with van der Waals surface area (Å²) in [4.78, 5) is 12.3. The van der Waals surface area contributed by atoms with Gasteiger partial charge in [0.05, 0.1) is 17.8 Å². The summed E-state index contributed by atoms with van der Waals surface area (Å²) in [6, 6.07) is 15.5. The minimum absolute atomic E-state index is 0.0678. The summed E-state index contributed by atoms with van der Waals surface area (Å²) < 4.78 is 1.77. The van der Waals surface area contributed by atoms with Crippen LogP contribution in [0.15, 0.2) is 54.7 Å². The van der Waals surface area contributed by atoms with Crippen molar-refractivity contribution in [3.8, 4) is 16.8 Å². The van der Waals surface area contributed by atoms with Crippen molar-refractivity contribution in [1.29, 1.82) is 0 Å². The molecule has 2 aromatic carbocycles. The van der Waals surface area contributed by atoms with Crippen LogP contribution in [-0.2, 0) is 17.6 Å². The zero-order chi connectivity index (χ0) is 20.1. The molecule has 0 fully saturated rings. The van der Waals surface area contributed by atoms with Gasteiger partial charge in [-0.3, -0.25) is 4.79 Å². The summed E-state index contributed by atoms with van der Waals surface area (Å²) in [5, 5.41) is 17.3. The molecule has 0 radical (unpaired) electrons. The van der Waals surface area contributed by atoms with Crippen LogP contribution in [0.1, 0.15) is 25.1 Å². The Morgan fingerprint density at radius 3 is 2.61 bits per heavy atom. The Bertz CT molecular complexity index is 949. The first-order valence-corrected chi connectivity index (χ1v) is 9.68. The van der Waals surface area contributed by atoms with Crippen LogP contribution in [0.4, 0.5) is 0 Å². The second kappa shape index (κ2) is 9.04. The van der Waals surface area contributed by atoms with Gasteiger partial charge in [0.25, 0.3) is 0 Å². The Balaban J connectivity index is 1.98. The van der Waals surface area contributed by atoms with Crippen molar-refractivity contribution in [2.24, 2.45) is 0 Å². The third kappa shape index (κ3) is 5.00. The molecule has 1 aromatic heterocycles. The van der Waals surface area contributed by atoms with Crippen LogP contribution < -0.4 is 5.32 Å². The summed E-state index contributed by atoms with van der Waals surface area (Å²) >= 11 is 6.17. The predicted molar refractivity (Wildman–Crippen MR) is 112 cm³/mol. The topological polar surface area (TPSA) is 67.2 Å². The summed E-state index contributed by atoms with van der Waals surface area (Å²) in [6.07, 6.45) is 2.73. The van der Waals surface area contributed by atoms with Crippen molar-refractivity contribution in [2.45, 2.75) is 32.7 Å². The molecular formula is C22H24ClN3O2. The number of halogens is 1. The number of aliphatic hydroxyl groups is 1. The predicted octanol–water partition coefficient (Wildman–Crippen LogP) is 3.79. The average molecular weight is 398 g/mol. The molecule has 3 aromatic rings. The lowest BCUT2D eigenvalue weighted by Gasteiger charge is -2.08. The van der Waals surface area contributed by atoms with E-state index in [0.29, 0.717) is 17.1 Å². The number of rotatable bonds is 7. The SMILES string of the molecule is CC(C)NC(=O)Cc1nn(-c2ccc(CCO)cc2)cc1-c1cccc(Cl)c1. The second-order valence-electron chi connectivity index (χ2n) is 6.98. The smallest absolute Gasteiger partial charge is 0.226 e. The van der Waals surface area contributed by atoms with Gasteiger partial charge in [-0.25, -0.2) is 4.68 Å². The van der Waals surface area contributed by atoms with Gasteiger partial charge in [0.2, 0.25) is 5.91 Å². The van der Waals surface area contributed by atoms with Gasteiger partial charge in [0, 0.05) is 29.4 Å². The molecule has 0 aliphatic rings. The Hall–Kier alpha value is -2.63. The molecule has 28 heavy (non-hydrogen) atoms. The van der Waals surface area contributed by atoms with Crippen molar-refractivity contribution in [3.63, 3.8) is 0 Å². The highest BCUT2D eigenvalue weighted by Crippen LogP contribution is 2.27. The molecule has 1 heterocycles. The minimum atomic E-state index is -0.0678. The van der Waals surface area contributed by atoms with Gasteiger partial charge in [-0.1, -0.05) is 35.9 Å². The minimum Gasteiger partial charge on any atom is -0.396 e. The maximum atomic E-state index is 12.3. The van der Waals surface area contributed by atoms with Crippen molar-refractivity contribution in [2.75, 3.05) is 6.61 Å². The molecule has 2 N–H and O–H groups in total. The van der Waals surface area contributed by atoms with E-state index in [1.807, 2.05) is 68.6 Å². The summed E-state index contributed by atoms with van der Waals surface area (Å²) in [6.45, 7) is 3.99. The number of carbonyl (C=O) groups excluding carboxylic acids is 1. The van der Waals surface area contributed by atoms with E-state index >= 15 is 0 Å². The van der Waals surface area contributed by atoms with E-state index in [1.54, 1.807) is 4.68 Å². The number of carbonyl (C=O) groups is 1. The third-order valence-electron chi connectivity index (χ3n) is 4.31. The number of nitrogens with one attached hydrogen (secondary N) is 1. The standard InChI is InChI=1S/C22H24ClN3O2/c1-15(2)24-22(28)13-21-20(17-4-3-5-18(23)12-17)14-26(25-21)19-8-6-16(7-9-19)10-11-27/h3-9,12,14-15,27H,10-11,13H2,1-2H3,(H,24,28). The molecular weight excluding hydrogens is 374 g/mol. The number of hydrogen-bond acceptors (Lipinski definition) is 3. The molecule has 0 saturated heterocycles. The molecule has 3 rings (SSSR count). The fraction of sp³-hybridized carbons (Fsp3) is 0.273. The van der Waals surface area contributed by atoms with Crippen LogP contribution in [0.5, 0.6) is 0 Å². The summed E-state index contributed by atoms with van der Waals surface area (Å²) in [5.41, 5.74) is 4.44. The van der Waals surface area contributed by atoms with Crippen LogP contribution in [0.2, 0.25) is 5.02 Å². The molecule has 0 atom stereocenters. The maximum absolute atomic E-state index is 12.3. The molecule has 0 bridgehead atoms. The van der Waals surface area contributed by atoms with E-state index < -0.39 is 0 Å². The monoisotopic (exact) mass is 397 g/mol.